The fourth-order valence-corrected chi connectivity index (χ4v) is 4.51. The molecule has 0 bridgehead atoms. The summed E-state index contributed by atoms with van der Waals surface area (Å²) in [4.78, 5) is 21.8. The maximum atomic E-state index is 13.7. The summed E-state index contributed by atoms with van der Waals surface area (Å²) in [6.45, 7) is 3.67. The Hall–Kier alpha value is -3.32. The Bertz CT molecular complexity index is 1410. The van der Waals surface area contributed by atoms with Gasteiger partial charge in [-0.1, -0.05) is 32.9 Å². The van der Waals surface area contributed by atoms with E-state index in [1.807, 2.05) is 19.9 Å². The summed E-state index contributed by atoms with van der Waals surface area (Å²) in [6, 6.07) is 11.1. The van der Waals surface area contributed by atoms with Crippen LogP contribution in [0.2, 0.25) is 0 Å². The lowest BCUT2D eigenvalue weighted by Crippen LogP contribution is -2.16. The van der Waals surface area contributed by atoms with Crippen molar-refractivity contribution in [3.8, 4) is 5.69 Å². The summed E-state index contributed by atoms with van der Waals surface area (Å²) < 4.78 is 55.2. The Labute approximate surface area is 215 Å². The lowest BCUT2D eigenvalue weighted by Gasteiger charge is -2.11. The number of aryl methyl sites for hydroxylation is 2. The van der Waals surface area contributed by atoms with Crippen molar-refractivity contribution in [3.63, 3.8) is 0 Å². The van der Waals surface area contributed by atoms with E-state index in [2.05, 4.69) is 41.5 Å². The fraction of sp³-hybridized carbons (Fsp3) is 0.174. The van der Waals surface area contributed by atoms with Crippen LogP contribution in [0.25, 0.3) is 5.69 Å². The number of hydrogen-bond acceptors (Lipinski definition) is 6. The van der Waals surface area contributed by atoms with Gasteiger partial charge in [-0.15, -0.1) is 5.10 Å². The molecule has 2 heterocycles. The molecule has 0 radical (unpaired) electrons. The number of hydrogen-bond donors (Lipinski definition) is 1. The highest BCUT2D eigenvalue weighted by Crippen LogP contribution is 2.33. The number of benzene rings is 2. The largest absolute Gasteiger partial charge is 0.419 e. The maximum Gasteiger partial charge on any atom is 0.419 e. The van der Waals surface area contributed by atoms with Crippen LogP contribution in [-0.4, -0.2) is 30.9 Å². The zero-order chi connectivity index (χ0) is 26.0. The Balaban J connectivity index is 1.68. The SMILES string of the molecule is Cc1cc(C)nc(SCc2c(C(=O)Nc3ccc(F)c(C(F)(F)F)c3)nnn2-c2ccc(Br)cc2)n1. The van der Waals surface area contributed by atoms with Gasteiger partial charge in [0.15, 0.2) is 10.9 Å². The van der Waals surface area contributed by atoms with E-state index in [9.17, 15) is 22.4 Å². The van der Waals surface area contributed by atoms with Gasteiger partial charge in [0.1, 0.15) is 5.82 Å². The highest BCUT2D eigenvalue weighted by atomic mass is 79.9. The average Bonchev–Trinajstić information content (AvgIpc) is 3.22. The number of rotatable bonds is 6. The number of carbonyl (C=O) groups excluding carboxylic acids is 1. The van der Waals surface area contributed by atoms with Gasteiger partial charge in [-0.25, -0.2) is 19.0 Å². The van der Waals surface area contributed by atoms with Gasteiger partial charge in [0.2, 0.25) is 0 Å². The molecule has 0 unspecified atom stereocenters. The molecule has 0 fully saturated rings. The van der Waals surface area contributed by atoms with E-state index in [-0.39, 0.29) is 17.1 Å². The van der Waals surface area contributed by atoms with Crippen molar-refractivity contribution in [3.05, 3.63) is 87.2 Å². The molecule has 13 heteroatoms. The van der Waals surface area contributed by atoms with E-state index >= 15 is 0 Å². The molecule has 186 valence electrons. The van der Waals surface area contributed by atoms with Crippen LogP contribution in [0.1, 0.15) is 33.1 Å². The molecule has 0 saturated carbocycles. The molecule has 0 aliphatic heterocycles. The van der Waals surface area contributed by atoms with Gasteiger partial charge < -0.3 is 5.32 Å². The van der Waals surface area contributed by atoms with Crippen molar-refractivity contribution in [2.75, 3.05) is 5.32 Å². The second-order valence-corrected chi connectivity index (χ2v) is 9.50. The Morgan fingerprint density at radius 3 is 2.36 bits per heavy atom. The summed E-state index contributed by atoms with van der Waals surface area (Å²) in [7, 11) is 0. The molecule has 1 amide bonds. The van der Waals surface area contributed by atoms with Crippen LogP contribution in [0.4, 0.5) is 23.2 Å². The van der Waals surface area contributed by atoms with Crippen LogP contribution in [0, 0.1) is 19.7 Å². The highest BCUT2D eigenvalue weighted by Gasteiger charge is 2.34. The number of aromatic nitrogens is 5. The smallest absolute Gasteiger partial charge is 0.321 e. The first kappa shape index (κ1) is 25.8. The number of thioether (sulfide) groups is 1. The second-order valence-electron chi connectivity index (χ2n) is 7.64. The number of amides is 1. The van der Waals surface area contributed by atoms with Gasteiger partial charge in [0, 0.05) is 27.3 Å². The number of anilines is 1. The normalized spacial score (nSPS) is 11.5. The van der Waals surface area contributed by atoms with Crippen molar-refractivity contribution >= 4 is 39.3 Å². The summed E-state index contributed by atoms with van der Waals surface area (Å²) >= 11 is 4.62. The molecule has 4 aromatic rings. The minimum atomic E-state index is -4.91. The maximum absolute atomic E-state index is 13.7. The molecular formula is C23H17BrF4N6OS. The first-order valence-corrected chi connectivity index (χ1v) is 12.1. The molecule has 0 aliphatic rings. The molecular weight excluding hydrogens is 564 g/mol. The molecule has 1 N–H and O–H groups in total. The predicted molar refractivity (Wildman–Crippen MR) is 129 cm³/mol. The standard InChI is InChI=1S/C23H17BrF4N6OS/c1-12-9-13(2)30-22(29-12)36-11-19-20(32-33-34(19)16-6-3-14(24)4-7-16)21(35)31-15-5-8-18(25)17(10-15)23(26,27)28/h3-10H,11H2,1-2H3,(H,31,35). The number of halogens is 5. The molecule has 0 saturated heterocycles. The Morgan fingerprint density at radius 2 is 1.72 bits per heavy atom. The van der Waals surface area contributed by atoms with Crippen LogP contribution < -0.4 is 5.32 Å². The third-order valence-corrected chi connectivity index (χ3v) is 6.27. The zero-order valence-electron chi connectivity index (χ0n) is 18.8. The molecule has 0 aliphatic carbocycles. The molecule has 7 nitrogen and oxygen atoms in total. The van der Waals surface area contributed by atoms with Gasteiger partial charge in [-0.3, -0.25) is 4.79 Å². The Kier molecular flexibility index (Phi) is 7.41. The van der Waals surface area contributed by atoms with Crippen molar-refractivity contribution in [2.45, 2.75) is 30.9 Å². The van der Waals surface area contributed by atoms with Gasteiger partial charge in [0.05, 0.1) is 16.9 Å². The number of carbonyl (C=O) groups is 1. The summed E-state index contributed by atoms with van der Waals surface area (Å²) in [6.07, 6.45) is -4.91. The fourth-order valence-electron chi connectivity index (χ4n) is 3.30. The van der Waals surface area contributed by atoms with Crippen LogP contribution in [-0.2, 0) is 11.9 Å². The molecule has 4 rings (SSSR count). The highest BCUT2D eigenvalue weighted by molar-refractivity contribution is 9.10. The zero-order valence-corrected chi connectivity index (χ0v) is 21.2. The van der Waals surface area contributed by atoms with Crippen molar-refractivity contribution < 1.29 is 22.4 Å². The third kappa shape index (κ3) is 5.90. The minimum Gasteiger partial charge on any atom is -0.321 e. The van der Waals surface area contributed by atoms with Crippen molar-refractivity contribution in [1.82, 2.24) is 25.0 Å². The molecule has 36 heavy (non-hydrogen) atoms. The third-order valence-electron chi connectivity index (χ3n) is 4.88. The number of nitrogens with one attached hydrogen (secondary N) is 1. The summed E-state index contributed by atoms with van der Waals surface area (Å²) in [5.74, 6) is -2.05. The first-order chi connectivity index (χ1) is 17.0. The van der Waals surface area contributed by atoms with Crippen LogP contribution in [0.3, 0.4) is 0 Å². The van der Waals surface area contributed by atoms with E-state index < -0.39 is 23.5 Å². The van der Waals surface area contributed by atoms with Crippen molar-refractivity contribution in [1.29, 1.82) is 0 Å². The topological polar surface area (TPSA) is 85.6 Å². The van der Waals surface area contributed by atoms with E-state index in [1.165, 1.54) is 16.4 Å². The minimum absolute atomic E-state index is 0.104. The molecule has 2 aromatic carbocycles. The summed E-state index contributed by atoms with van der Waals surface area (Å²) in [5.41, 5.74) is 0.722. The second kappa shape index (κ2) is 10.3. The van der Waals surface area contributed by atoms with Gasteiger partial charge in [-0.2, -0.15) is 13.2 Å². The van der Waals surface area contributed by atoms with Crippen LogP contribution in [0.5, 0.6) is 0 Å². The quantitative estimate of drug-likeness (QED) is 0.167. The predicted octanol–water partition coefficient (Wildman–Crippen LogP) is 6.14. The monoisotopic (exact) mass is 580 g/mol. The molecule has 2 aromatic heterocycles. The van der Waals surface area contributed by atoms with Gasteiger partial charge >= 0.3 is 6.18 Å². The molecule has 0 atom stereocenters. The van der Waals surface area contributed by atoms with Crippen molar-refractivity contribution in [2.24, 2.45) is 0 Å². The van der Waals surface area contributed by atoms with Gasteiger partial charge in [-0.05, 0) is 62.4 Å². The molecule has 0 spiro atoms. The summed E-state index contributed by atoms with van der Waals surface area (Å²) in [5, 5.41) is 10.9. The lowest BCUT2D eigenvalue weighted by molar-refractivity contribution is -0.139. The van der Waals surface area contributed by atoms with Crippen LogP contribution >= 0.6 is 27.7 Å². The average molecular weight is 581 g/mol. The van der Waals surface area contributed by atoms with E-state index in [0.29, 0.717) is 28.7 Å². The van der Waals surface area contributed by atoms with Gasteiger partial charge in [0.25, 0.3) is 5.91 Å². The van der Waals surface area contributed by atoms with Crippen LogP contribution in [0.15, 0.2) is 58.2 Å². The number of alkyl halides is 3. The first-order valence-electron chi connectivity index (χ1n) is 10.3. The lowest BCUT2D eigenvalue weighted by atomic mass is 10.1. The number of nitrogens with zero attached hydrogens (tertiary/aromatic N) is 5. The van der Waals surface area contributed by atoms with E-state index in [0.717, 1.165) is 21.9 Å². The Morgan fingerprint density at radius 1 is 1.06 bits per heavy atom. The van der Waals surface area contributed by atoms with E-state index in [4.69, 9.17) is 0 Å². The van der Waals surface area contributed by atoms with E-state index in [1.54, 1.807) is 24.3 Å².